The van der Waals surface area contributed by atoms with Crippen LogP contribution in [0.4, 0.5) is 17.6 Å². The van der Waals surface area contributed by atoms with E-state index in [1.54, 1.807) is 24.3 Å². The highest BCUT2D eigenvalue weighted by Crippen LogP contribution is 2.36. The van der Waals surface area contributed by atoms with E-state index in [2.05, 4.69) is 27.7 Å². The second kappa shape index (κ2) is 45.6. The maximum atomic E-state index is 14.9. The third-order valence-corrected chi connectivity index (χ3v) is 18.3. The van der Waals surface area contributed by atoms with Crippen LogP contribution in [0, 0.1) is 23.7 Å². The number of hydrogen-bond acceptors (Lipinski definition) is 12. The summed E-state index contributed by atoms with van der Waals surface area (Å²) < 4.78 is 83.4. The molecule has 2 unspecified atom stereocenters. The Morgan fingerprint density at radius 3 is 0.708 bits per heavy atom. The number of fused-ring (bicyclic) bond motifs is 4. The van der Waals surface area contributed by atoms with Crippen molar-refractivity contribution in [3.8, 4) is 0 Å². The normalized spacial score (nSPS) is 29.2. The molecule has 1 aliphatic heterocycles. The minimum Gasteiger partial charge on any atom is -0.462 e. The number of rotatable bonds is 16. The Hall–Kier alpha value is -6.84. The molecule has 8 atom stereocenters. The number of hydrogen-bond donors (Lipinski definition) is 0. The molecule has 0 aromatic rings. The van der Waals surface area contributed by atoms with Crippen molar-refractivity contribution in [1.82, 2.24) is 0 Å². The van der Waals surface area contributed by atoms with Gasteiger partial charge in [0, 0.05) is 97.3 Å². The highest BCUT2D eigenvalue weighted by atomic mass is 19.1. The number of allylic oxidation sites excluding steroid dienone is 20. The summed E-state index contributed by atoms with van der Waals surface area (Å²) in [6.45, 7) is 8.28. The molecule has 0 aromatic heterocycles. The Morgan fingerprint density at radius 2 is 0.510 bits per heavy atom. The summed E-state index contributed by atoms with van der Waals surface area (Å²) in [5.74, 6) is -9.65. The molecule has 0 radical (unpaired) electrons. The van der Waals surface area contributed by atoms with Crippen molar-refractivity contribution in [1.29, 1.82) is 0 Å². The molecule has 5 rings (SSSR count). The van der Waals surface area contributed by atoms with Crippen LogP contribution >= 0.6 is 0 Å². The van der Waals surface area contributed by atoms with E-state index in [1.165, 1.54) is 24.3 Å². The van der Waals surface area contributed by atoms with Gasteiger partial charge in [-0.3, -0.25) is 38.4 Å². The monoisotopic (exact) mass is 1340 g/mol. The highest BCUT2D eigenvalue weighted by molar-refractivity contribution is 6.11. The molecule has 96 heavy (non-hydrogen) atoms. The quantitative estimate of drug-likeness (QED) is 0.0471. The van der Waals surface area contributed by atoms with E-state index in [9.17, 15) is 55.9 Å². The fourth-order valence-corrected chi connectivity index (χ4v) is 12.7. The van der Waals surface area contributed by atoms with Crippen LogP contribution in [-0.4, -0.2) is 71.4 Å². The van der Waals surface area contributed by atoms with Crippen molar-refractivity contribution in [2.24, 2.45) is 23.7 Å². The SMILES string of the molecule is CCCCC[C@H]1C/C=C2/C(=O)C(F)=C[C@@H]2C/C=C\CCCC(=O)O[C@H](CCCCC)C/C=C2/C(=O)C(F)=CC2C/C=C\CCCC(=O)O[C@@H](CCCCC)C/C=C2/C(=O)C(F)=C[C@@H]2C/C=C\CCCC(=O)O[C@H](CCCCC)C/C=C2/C(=O)C(F)=CC2C/C=C\CCCC(=O)O1. The largest absolute Gasteiger partial charge is 0.462 e. The zero-order valence-electron chi connectivity index (χ0n) is 57.7. The Labute approximate surface area is 569 Å². The van der Waals surface area contributed by atoms with E-state index in [-0.39, 0.29) is 51.4 Å². The van der Waals surface area contributed by atoms with Gasteiger partial charge in [0.25, 0.3) is 0 Å². The lowest BCUT2D eigenvalue weighted by atomic mass is 9.95. The lowest BCUT2D eigenvalue weighted by Crippen LogP contribution is -2.18. The smallest absolute Gasteiger partial charge is 0.306 e. The fourth-order valence-electron chi connectivity index (χ4n) is 12.7. The summed E-state index contributed by atoms with van der Waals surface area (Å²) in [5.41, 5.74) is 1.24. The van der Waals surface area contributed by atoms with E-state index in [0.717, 1.165) is 77.0 Å². The van der Waals surface area contributed by atoms with Crippen LogP contribution in [-0.2, 0) is 57.3 Å². The van der Waals surface area contributed by atoms with E-state index in [1.807, 2.05) is 48.6 Å². The Balaban J connectivity index is 1.28. The molecule has 4 aliphatic carbocycles. The maximum absolute atomic E-state index is 14.9. The molecule has 16 heteroatoms. The molecular weight excluding hydrogens is 1230 g/mol. The van der Waals surface area contributed by atoms with Crippen LogP contribution in [0.3, 0.4) is 0 Å². The van der Waals surface area contributed by atoms with Gasteiger partial charge in [0.2, 0.25) is 23.1 Å². The summed E-state index contributed by atoms with van der Waals surface area (Å²) in [6.07, 6.45) is 44.9. The van der Waals surface area contributed by atoms with Crippen LogP contribution < -0.4 is 0 Å². The molecule has 5 aliphatic rings. The second-order valence-corrected chi connectivity index (χ2v) is 26.2. The molecule has 1 heterocycles. The van der Waals surface area contributed by atoms with Gasteiger partial charge in [0.1, 0.15) is 24.4 Å². The number of esters is 4. The molecule has 0 saturated heterocycles. The third kappa shape index (κ3) is 29.1. The summed E-state index contributed by atoms with van der Waals surface area (Å²) in [5, 5.41) is 0. The molecule has 0 saturated carbocycles. The first-order chi connectivity index (χ1) is 46.5. The predicted molar refractivity (Wildman–Crippen MR) is 368 cm³/mol. The standard InChI is InChI=1S/C80H108F4O12/c1-5-9-21-37-61-45-49-65-57(53-69(81)77(65)89)33-25-14-18-30-42-74(86)94-63(39-23-11-7-3)47-51-67-59(55-71(83)79(67)91)35-27-16-20-32-44-76(88)96-64(40-24-12-8-4)48-52-68-60(56-72(84)80(68)92)36-28-15-19-31-43-75(87)95-62(38-22-10-6-2)46-50-66-58(54-70(82)78(66)90)34-26-13-17-29-41-73(85)93-61/h13-16,25-28,49-64H,5-12,17-24,29-48H2,1-4H3/b25-14-,26-13-,27-16-,28-15-,65-49+,66-50+,67-51+,68-52+/t57-,58?,59?,60-,61-,62+,63+,64-/m0/s1. The average molecular weight is 1340 g/mol. The molecule has 0 aromatic carbocycles. The van der Waals surface area contributed by atoms with Gasteiger partial charge in [-0.15, -0.1) is 0 Å². The zero-order valence-corrected chi connectivity index (χ0v) is 57.7. The fraction of sp³-hybridized carbons (Fsp3) is 0.600. The predicted octanol–water partition coefficient (Wildman–Crippen LogP) is 19.9. The van der Waals surface area contributed by atoms with Crippen LogP contribution in [0.2, 0.25) is 0 Å². The van der Waals surface area contributed by atoms with E-state index >= 15 is 0 Å². The number of halogens is 4. The molecule has 528 valence electrons. The van der Waals surface area contributed by atoms with Crippen molar-refractivity contribution in [2.75, 3.05) is 0 Å². The first-order valence-electron chi connectivity index (χ1n) is 36.3. The van der Waals surface area contributed by atoms with Crippen molar-refractivity contribution in [2.45, 2.75) is 283 Å². The lowest BCUT2D eigenvalue weighted by molar-refractivity contribution is -0.150. The topological polar surface area (TPSA) is 173 Å². The first kappa shape index (κ1) is 79.8. The molecule has 0 bridgehead atoms. The Kier molecular flexibility index (Phi) is 37.9. The van der Waals surface area contributed by atoms with Gasteiger partial charge in [-0.25, -0.2) is 17.6 Å². The molecular formula is C80H108F4O12. The van der Waals surface area contributed by atoms with Crippen LogP contribution in [0.15, 0.2) is 143 Å². The first-order valence-corrected chi connectivity index (χ1v) is 36.3. The number of carbonyl (C=O) groups is 8. The van der Waals surface area contributed by atoms with Crippen molar-refractivity contribution in [3.05, 3.63) is 143 Å². The van der Waals surface area contributed by atoms with Crippen molar-refractivity contribution >= 4 is 47.0 Å². The number of ether oxygens (including phenoxy) is 4. The minimum absolute atomic E-state index is 0.130. The number of cyclic esters (lactones) is 4. The van der Waals surface area contributed by atoms with Crippen molar-refractivity contribution in [3.63, 3.8) is 0 Å². The summed E-state index contributed by atoms with van der Waals surface area (Å²) in [6, 6.07) is 0. The minimum atomic E-state index is -0.827. The Morgan fingerprint density at radius 1 is 0.302 bits per heavy atom. The number of Topliss-reactive ketones (excluding diaryl/α,β-unsaturated/α-hetero) is 4. The molecule has 0 amide bonds. The highest BCUT2D eigenvalue weighted by Gasteiger charge is 2.34. The number of unbranched alkanes of at least 4 members (excludes halogenated alkanes) is 8. The summed E-state index contributed by atoms with van der Waals surface area (Å²) >= 11 is 0. The zero-order chi connectivity index (χ0) is 69.5. The summed E-state index contributed by atoms with van der Waals surface area (Å²) in [4.78, 5) is 105. The second-order valence-electron chi connectivity index (χ2n) is 26.2. The van der Waals surface area contributed by atoms with Gasteiger partial charge in [-0.2, -0.15) is 0 Å². The number of ketones is 4. The lowest BCUT2D eigenvalue weighted by Gasteiger charge is -2.18. The molecule has 0 N–H and O–H groups in total. The third-order valence-electron chi connectivity index (χ3n) is 18.3. The number of carbonyl (C=O) groups excluding carboxylic acids is 8. The van der Waals surface area contributed by atoms with E-state index in [4.69, 9.17) is 18.9 Å². The van der Waals surface area contributed by atoms with Gasteiger partial charge >= 0.3 is 23.9 Å². The average Bonchev–Trinajstić information content (AvgIpc) is 1.79. The van der Waals surface area contributed by atoms with Gasteiger partial charge in [-0.05, 0) is 153 Å². The van der Waals surface area contributed by atoms with Crippen LogP contribution in [0.25, 0.3) is 0 Å². The van der Waals surface area contributed by atoms with Gasteiger partial charge in [-0.1, -0.05) is 152 Å². The van der Waals surface area contributed by atoms with Crippen molar-refractivity contribution < 1.29 is 74.9 Å². The van der Waals surface area contributed by atoms with Crippen LogP contribution in [0.1, 0.15) is 259 Å². The van der Waals surface area contributed by atoms with Gasteiger partial charge in [0.15, 0.2) is 23.3 Å². The van der Waals surface area contributed by atoms with Gasteiger partial charge in [0.05, 0.1) is 0 Å². The Bertz CT molecular complexity index is 2570. The summed E-state index contributed by atoms with van der Waals surface area (Å²) in [7, 11) is 0. The van der Waals surface area contributed by atoms with E-state index < -0.39 is 118 Å². The van der Waals surface area contributed by atoms with Crippen LogP contribution in [0.5, 0.6) is 0 Å². The van der Waals surface area contributed by atoms with E-state index in [0.29, 0.717) is 125 Å². The van der Waals surface area contributed by atoms with Gasteiger partial charge < -0.3 is 18.9 Å². The molecule has 0 fully saturated rings. The molecule has 12 nitrogen and oxygen atoms in total. The maximum Gasteiger partial charge on any atom is 0.306 e. The molecule has 0 spiro atoms.